The maximum absolute atomic E-state index is 13.6. The molecule has 43 heavy (non-hydrogen) atoms. The number of hydrogen-bond donors (Lipinski definition) is 2. The van der Waals surface area contributed by atoms with Crippen LogP contribution in [-0.2, 0) is 38.3 Å². The molecular weight excluding hydrogens is 598 g/mol. The summed E-state index contributed by atoms with van der Waals surface area (Å²) in [5, 5.41) is 3.26. The van der Waals surface area contributed by atoms with E-state index in [0.29, 0.717) is 12.2 Å². The van der Waals surface area contributed by atoms with Gasteiger partial charge < -0.3 is 9.50 Å². The lowest BCUT2D eigenvalue weighted by molar-refractivity contribution is -0.671. The summed E-state index contributed by atoms with van der Waals surface area (Å²) in [5.41, 5.74) is 1.92. The van der Waals surface area contributed by atoms with Gasteiger partial charge in [-0.1, -0.05) is 42.0 Å². The van der Waals surface area contributed by atoms with Crippen LogP contribution in [0.25, 0.3) is 0 Å². The van der Waals surface area contributed by atoms with E-state index in [9.17, 15) is 26.4 Å². The fourth-order valence-corrected chi connectivity index (χ4v) is 5.34. The molecule has 0 spiro atoms. The van der Waals surface area contributed by atoms with Gasteiger partial charge in [0.15, 0.2) is 17.3 Å². The van der Waals surface area contributed by atoms with Crippen molar-refractivity contribution in [1.29, 1.82) is 0 Å². The van der Waals surface area contributed by atoms with Gasteiger partial charge in [0.2, 0.25) is 6.33 Å². The van der Waals surface area contributed by atoms with Crippen molar-refractivity contribution in [2.75, 3.05) is 19.0 Å². The molecule has 1 aliphatic carbocycles. The molecule has 1 heterocycles. The average Bonchev–Trinajstić information content (AvgIpc) is 3.39. The maximum Gasteiger partial charge on any atom is 0.397 e. The van der Waals surface area contributed by atoms with E-state index in [1.54, 1.807) is 42.5 Å². The minimum absolute atomic E-state index is 0.0394. The molecule has 2 N–H and O–H groups in total. The molecule has 14 heteroatoms. The first-order chi connectivity index (χ1) is 20.3. The summed E-state index contributed by atoms with van der Waals surface area (Å²) in [5.74, 6) is -0.986. The summed E-state index contributed by atoms with van der Waals surface area (Å²) in [6.07, 6.45) is 6.67. The van der Waals surface area contributed by atoms with Gasteiger partial charge in [-0.05, 0) is 31.2 Å². The number of nitrogens with one attached hydrogen (secondary N) is 1. The van der Waals surface area contributed by atoms with E-state index in [1.807, 2.05) is 37.3 Å². The molecule has 0 saturated carbocycles. The highest BCUT2D eigenvalue weighted by atomic mass is 32.3. The van der Waals surface area contributed by atoms with Gasteiger partial charge in [0.05, 0.1) is 31.8 Å². The fourth-order valence-electron chi connectivity index (χ4n) is 4.40. The van der Waals surface area contributed by atoms with Crippen molar-refractivity contribution >= 4 is 37.8 Å². The molecule has 0 aliphatic heterocycles. The third-order valence-corrected chi connectivity index (χ3v) is 8.16. The zero-order valence-corrected chi connectivity index (χ0v) is 25.2. The van der Waals surface area contributed by atoms with Crippen molar-refractivity contribution in [3.8, 4) is 5.75 Å². The van der Waals surface area contributed by atoms with Crippen molar-refractivity contribution < 1.29 is 43.9 Å². The van der Waals surface area contributed by atoms with E-state index >= 15 is 0 Å². The van der Waals surface area contributed by atoms with Crippen LogP contribution < -0.4 is 14.1 Å². The van der Waals surface area contributed by atoms with Gasteiger partial charge in [0.25, 0.3) is 0 Å². The Morgan fingerprint density at radius 2 is 1.51 bits per heavy atom. The highest BCUT2D eigenvalue weighted by molar-refractivity contribution is 7.87. The van der Waals surface area contributed by atoms with E-state index in [1.165, 1.54) is 18.2 Å². The number of fused-ring (bicyclic) bond motifs is 2. The number of rotatable bonds is 9. The first-order valence-electron chi connectivity index (χ1n) is 12.9. The molecule has 4 aromatic rings. The van der Waals surface area contributed by atoms with Gasteiger partial charge in [-0.15, -0.1) is 0 Å². The number of aromatic nitrogens is 2. The maximum atomic E-state index is 13.6. The highest BCUT2D eigenvalue weighted by Gasteiger charge is 2.35. The molecular formula is C29H30N3O9S2+. The van der Waals surface area contributed by atoms with Crippen molar-refractivity contribution in [2.45, 2.75) is 24.8 Å². The molecule has 0 unspecified atom stereocenters. The number of hydrogen-bond acceptors (Lipinski definition) is 9. The van der Waals surface area contributed by atoms with Crippen LogP contribution in [-0.4, -0.2) is 51.2 Å². The van der Waals surface area contributed by atoms with Gasteiger partial charge in [0.1, 0.15) is 17.3 Å². The van der Waals surface area contributed by atoms with Crippen LogP contribution in [0.1, 0.15) is 43.8 Å². The van der Waals surface area contributed by atoms with Crippen LogP contribution >= 0.6 is 0 Å². The summed E-state index contributed by atoms with van der Waals surface area (Å²) in [7, 11) is -5.58. The topological polar surface area (TPSA) is 162 Å². The lowest BCUT2D eigenvalue weighted by Gasteiger charge is -2.23. The summed E-state index contributed by atoms with van der Waals surface area (Å²) >= 11 is 0. The predicted molar refractivity (Wildman–Crippen MR) is 156 cm³/mol. The Hall–Kier alpha value is -4.37. The van der Waals surface area contributed by atoms with Gasteiger partial charge >= 0.3 is 20.5 Å². The zero-order valence-electron chi connectivity index (χ0n) is 23.6. The van der Waals surface area contributed by atoms with E-state index in [-0.39, 0.29) is 38.7 Å². The Morgan fingerprint density at radius 3 is 2.07 bits per heavy atom. The van der Waals surface area contributed by atoms with E-state index in [4.69, 9.17) is 8.74 Å². The van der Waals surface area contributed by atoms with Crippen molar-refractivity contribution in [2.24, 2.45) is 7.05 Å². The molecule has 3 aromatic carbocycles. The summed E-state index contributed by atoms with van der Waals surface area (Å²) in [4.78, 5) is 27.1. The Labute approximate surface area is 249 Å². The molecule has 0 radical (unpaired) electrons. The molecule has 12 nitrogen and oxygen atoms in total. The normalized spacial score (nSPS) is 12.6. The second kappa shape index (κ2) is 12.9. The molecule has 0 amide bonds. The zero-order chi connectivity index (χ0) is 31.4. The van der Waals surface area contributed by atoms with Gasteiger partial charge in [-0.3, -0.25) is 18.3 Å². The Balaban J connectivity index is 0.000000641. The number of ketones is 2. The Morgan fingerprint density at radius 1 is 0.907 bits per heavy atom. The number of benzene rings is 3. The first-order valence-corrected chi connectivity index (χ1v) is 15.7. The van der Waals surface area contributed by atoms with Crippen LogP contribution in [0.4, 0.5) is 5.69 Å². The van der Waals surface area contributed by atoms with E-state index < -0.39 is 26.3 Å². The van der Waals surface area contributed by atoms with E-state index in [2.05, 4.69) is 14.1 Å². The molecule has 0 bridgehead atoms. The first kappa shape index (κ1) is 31.6. The molecule has 1 aliphatic rings. The molecule has 0 fully saturated rings. The lowest BCUT2D eigenvalue weighted by Crippen LogP contribution is -2.25. The molecule has 1 aromatic heterocycles. The average molecular weight is 629 g/mol. The number of aryl methyl sites for hydroxylation is 3. The molecule has 226 valence electrons. The van der Waals surface area contributed by atoms with Crippen LogP contribution in [0, 0.1) is 6.92 Å². The SMILES string of the molecule is COS(=O)(=O)O.Cc1ccc(S(=O)(=O)Oc2ccc(NCCCn3cc[n+](C)c3)c3c2C(=O)c2ccccc2C3=O)cc1. The number of imidazole rings is 1. The Bertz CT molecular complexity index is 1880. The van der Waals surface area contributed by atoms with Crippen LogP contribution in [0.2, 0.25) is 0 Å². The number of carbonyl (C=O) groups excluding carboxylic acids is 2. The smallest absolute Gasteiger partial charge is 0.384 e. The van der Waals surface area contributed by atoms with Gasteiger partial charge in [-0.2, -0.15) is 16.8 Å². The van der Waals surface area contributed by atoms with Crippen LogP contribution in [0.5, 0.6) is 5.75 Å². The minimum Gasteiger partial charge on any atom is -0.384 e. The number of carbonyl (C=O) groups is 2. The minimum atomic E-state index is -4.23. The summed E-state index contributed by atoms with van der Waals surface area (Å²) in [6.45, 7) is 3.15. The van der Waals surface area contributed by atoms with Crippen molar-refractivity contribution in [1.82, 2.24) is 4.57 Å². The standard InChI is InChI=1S/C28H25N3O5S.CH4O4S/c1-19-8-10-20(11-9-19)37(34,35)36-24-13-12-23(29-14-5-15-31-17-16-30(2)18-31)25-26(24)28(33)22-7-4-3-6-21(22)27(25)32;1-5-6(2,3)4/h3-4,6-13,16-18H,5,14-15H2,1-2H3;1H3,(H,2,3,4)/p+1. The fraction of sp³-hybridized carbons (Fsp3) is 0.207. The van der Waals surface area contributed by atoms with Crippen molar-refractivity contribution in [3.05, 3.63) is 107 Å². The summed E-state index contributed by atoms with van der Waals surface area (Å²) < 4.78 is 65.2. The quantitative estimate of drug-likeness (QED) is 0.107. The number of anilines is 1. The van der Waals surface area contributed by atoms with Gasteiger partial charge in [0, 0.05) is 29.8 Å². The van der Waals surface area contributed by atoms with E-state index in [0.717, 1.165) is 25.6 Å². The second-order valence-corrected chi connectivity index (χ2v) is 12.3. The number of nitrogens with zero attached hydrogens (tertiary/aromatic N) is 2. The third-order valence-electron chi connectivity index (χ3n) is 6.49. The van der Waals surface area contributed by atoms with Crippen LogP contribution in [0.3, 0.4) is 0 Å². The molecule has 5 rings (SSSR count). The highest BCUT2D eigenvalue weighted by Crippen LogP contribution is 2.38. The monoisotopic (exact) mass is 628 g/mol. The third kappa shape index (κ3) is 7.53. The lowest BCUT2D eigenvalue weighted by atomic mass is 9.82. The molecule has 0 saturated heterocycles. The largest absolute Gasteiger partial charge is 0.397 e. The summed E-state index contributed by atoms with van der Waals surface area (Å²) in [6, 6.07) is 15.8. The molecule has 0 atom stereocenters. The van der Waals surface area contributed by atoms with Crippen LogP contribution in [0.15, 0.2) is 84.3 Å². The second-order valence-electron chi connectivity index (χ2n) is 9.61. The Kier molecular flexibility index (Phi) is 9.45. The van der Waals surface area contributed by atoms with Crippen molar-refractivity contribution in [3.63, 3.8) is 0 Å². The van der Waals surface area contributed by atoms with Gasteiger partial charge in [-0.25, -0.2) is 9.13 Å². The predicted octanol–water partition coefficient (Wildman–Crippen LogP) is 3.10.